The van der Waals surface area contributed by atoms with E-state index >= 15 is 0 Å². The van der Waals surface area contributed by atoms with Gasteiger partial charge in [-0.15, -0.1) is 0 Å². The van der Waals surface area contributed by atoms with E-state index in [0.29, 0.717) is 5.56 Å². The van der Waals surface area contributed by atoms with E-state index in [1.165, 1.54) is 12.1 Å². The van der Waals surface area contributed by atoms with E-state index in [4.69, 9.17) is 26.2 Å². The molecule has 0 radical (unpaired) electrons. The van der Waals surface area contributed by atoms with Gasteiger partial charge in [0, 0.05) is 6.07 Å². The summed E-state index contributed by atoms with van der Waals surface area (Å²) in [6, 6.07) is 2.71. The third-order valence-electron chi connectivity index (χ3n) is 2.17. The Morgan fingerprint density at radius 1 is 1.62 bits per heavy atom. The molecule has 0 spiro atoms. The van der Waals surface area contributed by atoms with Gasteiger partial charge >= 0.3 is 0 Å². The number of nitrogens with zero attached hydrogens (tertiary/aromatic N) is 1. The molecule has 1 atom stereocenters. The molecule has 1 aromatic carbocycles. The van der Waals surface area contributed by atoms with E-state index in [1.54, 1.807) is 0 Å². The third kappa shape index (κ3) is 1.95. The standard InChI is InChI=1S/C9H8ClNO5/c10-5-1-7(11(13)14)6-4-15-9(3-12)16-8(6)2-5/h1-2,9,12H,3-4H2/t9-/m1/s1. The van der Waals surface area contributed by atoms with Crippen molar-refractivity contribution in [3.05, 3.63) is 32.8 Å². The van der Waals surface area contributed by atoms with Crippen molar-refractivity contribution in [2.75, 3.05) is 6.61 Å². The fourth-order valence-electron chi connectivity index (χ4n) is 1.45. The van der Waals surface area contributed by atoms with Crippen LogP contribution in [0.25, 0.3) is 0 Å². The van der Waals surface area contributed by atoms with Gasteiger partial charge in [-0.2, -0.15) is 0 Å². The molecule has 1 N–H and O–H groups in total. The number of aliphatic hydroxyl groups is 1. The minimum atomic E-state index is -0.800. The lowest BCUT2D eigenvalue weighted by molar-refractivity contribution is -0.386. The molecular formula is C9H8ClNO5. The van der Waals surface area contributed by atoms with Gasteiger partial charge in [-0.05, 0) is 6.07 Å². The number of nitro benzene ring substituents is 1. The Balaban J connectivity index is 2.45. The molecule has 0 saturated carbocycles. The zero-order valence-corrected chi connectivity index (χ0v) is 8.81. The van der Waals surface area contributed by atoms with E-state index in [-0.39, 0.29) is 29.7 Å². The second-order valence-corrected chi connectivity index (χ2v) is 3.64. The van der Waals surface area contributed by atoms with Gasteiger partial charge in [-0.3, -0.25) is 10.1 Å². The van der Waals surface area contributed by atoms with E-state index < -0.39 is 11.2 Å². The lowest BCUT2D eigenvalue weighted by Gasteiger charge is -2.24. The lowest BCUT2D eigenvalue weighted by atomic mass is 10.1. The van der Waals surface area contributed by atoms with Crippen molar-refractivity contribution in [3.63, 3.8) is 0 Å². The van der Waals surface area contributed by atoms with Crippen molar-refractivity contribution in [3.8, 4) is 5.75 Å². The Kier molecular flexibility index (Phi) is 2.95. The second kappa shape index (κ2) is 4.25. The first-order valence-electron chi connectivity index (χ1n) is 4.47. The van der Waals surface area contributed by atoms with Crippen LogP contribution in [-0.4, -0.2) is 22.9 Å². The highest BCUT2D eigenvalue weighted by atomic mass is 35.5. The van der Waals surface area contributed by atoms with E-state index in [1.807, 2.05) is 0 Å². The molecular weight excluding hydrogens is 238 g/mol. The van der Waals surface area contributed by atoms with Crippen LogP contribution in [-0.2, 0) is 11.3 Å². The van der Waals surface area contributed by atoms with E-state index in [9.17, 15) is 10.1 Å². The summed E-state index contributed by atoms with van der Waals surface area (Å²) < 4.78 is 10.3. The van der Waals surface area contributed by atoms with Gasteiger partial charge in [0.2, 0.25) is 6.29 Å². The second-order valence-electron chi connectivity index (χ2n) is 3.20. The molecule has 2 rings (SSSR count). The van der Waals surface area contributed by atoms with Gasteiger partial charge in [0.25, 0.3) is 5.69 Å². The predicted molar refractivity (Wildman–Crippen MR) is 54.4 cm³/mol. The molecule has 0 aliphatic carbocycles. The maximum atomic E-state index is 10.8. The number of fused-ring (bicyclic) bond motifs is 1. The molecule has 0 amide bonds. The number of halogens is 1. The molecule has 0 fully saturated rings. The Bertz CT molecular complexity index is 436. The number of hydrogen-bond acceptors (Lipinski definition) is 5. The number of ether oxygens (including phenoxy) is 2. The zero-order valence-electron chi connectivity index (χ0n) is 8.05. The van der Waals surface area contributed by atoms with Crippen molar-refractivity contribution in [2.45, 2.75) is 12.9 Å². The summed E-state index contributed by atoms with van der Waals surface area (Å²) in [7, 11) is 0. The van der Waals surface area contributed by atoms with Gasteiger partial charge in [-0.25, -0.2) is 0 Å². The van der Waals surface area contributed by atoms with Gasteiger partial charge < -0.3 is 14.6 Å². The molecule has 1 aliphatic heterocycles. The SMILES string of the molecule is O=[N+]([O-])c1cc(Cl)cc2c1CO[C@@H](CO)O2. The van der Waals surface area contributed by atoms with Crippen LogP contribution in [0.3, 0.4) is 0 Å². The van der Waals surface area contributed by atoms with Crippen LogP contribution in [0.15, 0.2) is 12.1 Å². The molecule has 1 aromatic rings. The van der Waals surface area contributed by atoms with Crippen LogP contribution in [0.4, 0.5) is 5.69 Å². The van der Waals surface area contributed by atoms with Crippen LogP contribution >= 0.6 is 11.6 Å². The molecule has 6 nitrogen and oxygen atoms in total. The summed E-state index contributed by atoms with van der Waals surface area (Å²) in [5.74, 6) is 0.282. The van der Waals surface area contributed by atoms with Gasteiger partial charge in [0.05, 0.1) is 22.1 Å². The van der Waals surface area contributed by atoms with E-state index in [2.05, 4.69) is 0 Å². The fourth-order valence-corrected chi connectivity index (χ4v) is 1.66. The van der Waals surface area contributed by atoms with Crippen molar-refractivity contribution >= 4 is 17.3 Å². The molecule has 1 aliphatic rings. The fraction of sp³-hybridized carbons (Fsp3) is 0.333. The summed E-state index contributed by atoms with van der Waals surface area (Å²) in [6.07, 6.45) is -0.800. The topological polar surface area (TPSA) is 81.8 Å². The summed E-state index contributed by atoms with van der Waals surface area (Å²) in [6.45, 7) is -0.298. The highest BCUT2D eigenvalue weighted by molar-refractivity contribution is 6.31. The number of nitro groups is 1. The monoisotopic (exact) mass is 245 g/mol. The first-order valence-corrected chi connectivity index (χ1v) is 4.85. The average Bonchev–Trinajstić information content (AvgIpc) is 2.26. The van der Waals surface area contributed by atoms with Crippen LogP contribution in [0, 0.1) is 10.1 Å². The highest BCUT2D eigenvalue weighted by Gasteiger charge is 2.27. The Hall–Kier alpha value is -1.37. The molecule has 86 valence electrons. The Morgan fingerprint density at radius 2 is 2.38 bits per heavy atom. The maximum absolute atomic E-state index is 10.8. The number of rotatable bonds is 2. The van der Waals surface area contributed by atoms with Gasteiger partial charge in [-0.1, -0.05) is 11.6 Å². The third-order valence-corrected chi connectivity index (χ3v) is 2.39. The highest BCUT2D eigenvalue weighted by Crippen LogP contribution is 2.36. The largest absolute Gasteiger partial charge is 0.462 e. The average molecular weight is 246 g/mol. The summed E-state index contributed by atoms with van der Waals surface area (Å²) in [5.41, 5.74) is 0.193. The summed E-state index contributed by atoms with van der Waals surface area (Å²) in [4.78, 5) is 10.2. The molecule has 0 unspecified atom stereocenters. The Labute approximate surface area is 95.5 Å². The molecule has 0 bridgehead atoms. The first kappa shape index (κ1) is 11.1. The first-order chi connectivity index (χ1) is 7.61. The smallest absolute Gasteiger partial charge is 0.280 e. The van der Waals surface area contributed by atoms with Crippen molar-refractivity contribution in [2.24, 2.45) is 0 Å². The molecule has 1 heterocycles. The van der Waals surface area contributed by atoms with Gasteiger partial charge in [0.15, 0.2) is 0 Å². The van der Waals surface area contributed by atoms with Gasteiger partial charge in [0.1, 0.15) is 12.4 Å². The lowest BCUT2D eigenvalue weighted by Crippen LogP contribution is -2.29. The van der Waals surface area contributed by atoms with Crippen LogP contribution in [0.5, 0.6) is 5.75 Å². The maximum Gasteiger partial charge on any atom is 0.280 e. The molecule has 0 saturated heterocycles. The number of benzene rings is 1. The van der Waals surface area contributed by atoms with Crippen molar-refractivity contribution in [1.29, 1.82) is 0 Å². The van der Waals surface area contributed by atoms with Crippen molar-refractivity contribution < 1.29 is 19.5 Å². The minimum absolute atomic E-state index is 0.0219. The summed E-state index contributed by atoms with van der Waals surface area (Å²) in [5, 5.41) is 19.8. The van der Waals surface area contributed by atoms with Crippen LogP contribution in [0.2, 0.25) is 5.02 Å². The molecule has 0 aromatic heterocycles. The molecule has 7 heteroatoms. The number of aliphatic hydroxyl groups excluding tert-OH is 1. The normalized spacial score (nSPS) is 18.8. The van der Waals surface area contributed by atoms with Crippen LogP contribution in [0.1, 0.15) is 5.56 Å². The quantitative estimate of drug-likeness (QED) is 0.630. The van der Waals surface area contributed by atoms with E-state index in [0.717, 1.165) is 0 Å². The number of hydrogen-bond donors (Lipinski definition) is 1. The van der Waals surface area contributed by atoms with Crippen LogP contribution < -0.4 is 4.74 Å². The zero-order chi connectivity index (χ0) is 11.7. The minimum Gasteiger partial charge on any atom is -0.462 e. The van der Waals surface area contributed by atoms with Crippen molar-refractivity contribution in [1.82, 2.24) is 0 Å². The Morgan fingerprint density at radius 3 is 3.00 bits per heavy atom. The predicted octanol–water partition coefficient (Wildman–Crippen LogP) is 1.48. The molecule has 16 heavy (non-hydrogen) atoms. The summed E-state index contributed by atoms with van der Waals surface area (Å²) >= 11 is 5.73.